The van der Waals surface area contributed by atoms with Crippen molar-refractivity contribution in [2.75, 3.05) is 0 Å². The Kier molecular flexibility index (Phi) is 2.97. The van der Waals surface area contributed by atoms with Crippen molar-refractivity contribution < 1.29 is 24.9 Å². The molecule has 1 aliphatic rings. The molecule has 1 aliphatic heterocycles. The second-order valence-electron chi connectivity index (χ2n) is 5.12. The van der Waals surface area contributed by atoms with E-state index in [4.69, 9.17) is 4.74 Å². The Morgan fingerprint density at radius 1 is 1.00 bits per heavy atom. The maximum absolute atomic E-state index is 12.4. The monoisotopic (exact) mass is 286 g/mol. The quantitative estimate of drug-likeness (QED) is 0.750. The molecule has 1 heterocycles. The van der Waals surface area contributed by atoms with Crippen molar-refractivity contribution in [2.24, 2.45) is 5.92 Å². The largest absolute Gasteiger partial charge is 0.508 e. The highest BCUT2D eigenvalue weighted by molar-refractivity contribution is 6.04. The molecule has 0 aliphatic carbocycles. The number of carbonyl (C=O) groups is 1. The van der Waals surface area contributed by atoms with Gasteiger partial charge in [0.05, 0.1) is 5.92 Å². The summed E-state index contributed by atoms with van der Waals surface area (Å²) in [7, 11) is 0. The molecule has 108 valence electrons. The fraction of sp³-hybridized carbons (Fsp3) is 0.188. The van der Waals surface area contributed by atoms with Crippen LogP contribution in [0.1, 0.15) is 28.9 Å². The molecule has 0 bridgehead atoms. The third-order valence-corrected chi connectivity index (χ3v) is 3.66. The van der Waals surface area contributed by atoms with Crippen LogP contribution in [0, 0.1) is 5.92 Å². The summed E-state index contributed by atoms with van der Waals surface area (Å²) in [5, 5.41) is 28.7. The van der Waals surface area contributed by atoms with Gasteiger partial charge >= 0.3 is 0 Å². The predicted octanol–water partition coefficient (Wildman–Crippen LogP) is 2.76. The van der Waals surface area contributed by atoms with Crippen molar-refractivity contribution in [1.82, 2.24) is 0 Å². The molecule has 0 spiro atoms. The minimum atomic E-state index is -0.535. The van der Waals surface area contributed by atoms with E-state index >= 15 is 0 Å². The first-order valence-corrected chi connectivity index (χ1v) is 6.53. The lowest BCUT2D eigenvalue weighted by molar-refractivity contribution is 0.0684. The van der Waals surface area contributed by atoms with Crippen molar-refractivity contribution in [2.45, 2.75) is 13.0 Å². The first-order valence-electron chi connectivity index (χ1n) is 6.53. The van der Waals surface area contributed by atoms with E-state index in [0.29, 0.717) is 0 Å². The summed E-state index contributed by atoms with van der Waals surface area (Å²) in [5.41, 5.74) is 0.831. The van der Waals surface area contributed by atoms with Gasteiger partial charge in [-0.25, -0.2) is 0 Å². The molecule has 0 unspecified atom stereocenters. The van der Waals surface area contributed by atoms with Crippen LogP contribution in [0.5, 0.6) is 23.0 Å². The maximum atomic E-state index is 12.4. The third-order valence-electron chi connectivity index (χ3n) is 3.66. The lowest BCUT2D eigenvalue weighted by Crippen LogP contribution is -2.29. The van der Waals surface area contributed by atoms with Crippen molar-refractivity contribution in [3.8, 4) is 23.0 Å². The summed E-state index contributed by atoms with van der Waals surface area (Å²) in [6.07, 6.45) is -0.535. The molecule has 0 fully saturated rings. The zero-order valence-corrected chi connectivity index (χ0v) is 11.3. The number of ketones is 1. The van der Waals surface area contributed by atoms with E-state index in [0.717, 1.165) is 11.6 Å². The molecule has 2 aromatic rings. The van der Waals surface area contributed by atoms with E-state index in [1.807, 2.05) is 0 Å². The summed E-state index contributed by atoms with van der Waals surface area (Å²) < 4.78 is 5.78. The van der Waals surface area contributed by atoms with Gasteiger partial charge in [0.15, 0.2) is 5.78 Å². The summed E-state index contributed by atoms with van der Waals surface area (Å²) in [5.74, 6) is -0.897. The molecule has 0 radical (unpaired) electrons. The van der Waals surface area contributed by atoms with Crippen LogP contribution in [0.15, 0.2) is 36.4 Å². The van der Waals surface area contributed by atoms with Crippen LogP contribution in [-0.2, 0) is 0 Å². The number of hydrogen-bond acceptors (Lipinski definition) is 5. The molecule has 0 amide bonds. The van der Waals surface area contributed by atoms with Gasteiger partial charge in [0, 0.05) is 12.1 Å². The van der Waals surface area contributed by atoms with Gasteiger partial charge in [0.1, 0.15) is 34.7 Å². The molecule has 2 aromatic carbocycles. The van der Waals surface area contributed by atoms with E-state index in [9.17, 15) is 20.1 Å². The summed E-state index contributed by atoms with van der Waals surface area (Å²) >= 11 is 0. The predicted molar refractivity (Wildman–Crippen MR) is 74.7 cm³/mol. The van der Waals surface area contributed by atoms with Gasteiger partial charge < -0.3 is 20.1 Å². The molecule has 21 heavy (non-hydrogen) atoms. The van der Waals surface area contributed by atoms with E-state index in [2.05, 4.69) is 0 Å². The van der Waals surface area contributed by atoms with Gasteiger partial charge in [-0.1, -0.05) is 19.1 Å². The second-order valence-corrected chi connectivity index (χ2v) is 5.12. The molecule has 0 saturated carbocycles. The van der Waals surface area contributed by atoms with E-state index < -0.39 is 12.0 Å². The lowest BCUT2D eigenvalue weighted by Gasteiger charge is -2.31. The number of phenolic OH excluding ortho intramolecular Hbond substituents is 3. The number of phenols is 3. The molecule has 3 rings (SSSR count). The van der Waals surface area contributed by atoms with Crippen molar-refractivity contribution in [3.05, 3.63) is 47.5 Å². The Morgan fingerprint density at radius 3 is 2.33 bits per heavy atom. The normalized spacial score (nSPS) is 20.7. The number of hydrogen-bond donors (Lipinski definition) is 3. The summed E-state index contributed by atoms with van der Waals surface area (Å²) in [4.78, 5) is 12.4. The molecule has 5 heteroatoms. The topological polar surface area (TPSA) is 87.0 Å². The van der Waals surface area contributed by atoms with Gasteiger partial charge in [0.2, 0.25) is 0 Å². The summed E-state index contributed by atoms with van der Waals surface area (Å²) in [6, 6.07) is 8.82. The maximum Gasteiger partial charge on any atom is 0.177 e. The Morgan fingerprint density at radius 2 is 1.67 bits per heavy atom. The average Bonchev–Trinajstić information content (AvgIpc) is 2.43. The minimum absolute atomic E-state index is 0.0929. The summed E-state index contributed by atoms with van der Waals surface area (Å²) in [6.45, 7) is 1.72. The third kappa shape index (κ3) is 2.16. The molecule has 2 atom stereocenters. The van der Waals surface area contributed by atoms with Crippen molar-refractivity contribution in [1.29, 1.82) is 0 Å². The fourth-order valence-electron chi connectivity index (χ4n) is 2.55. The SMILES string of the molecule is C[C@H]1C(=O)c2c(O)cc(O)cc2O[C@@H]1c1ccc(O)cc1. The molecule has 0 aromatic heterocycles. The number of rotatable bonds is 1. The van der Waals surface area contributed by atoms with E-state index in [-0.39, 0.29) is 34.3 Å². The van der Waals surface area contributed by atoms with Gasteiger partial charge in [-0.2, -0.15) is 0 Å². The van der Waals surface area contributed by atoms with Crippen LogP contribution in [0.25, 0.3) is 0 Å². The van der Waals surface area contributed by atoms with Gasteiger partial charge in [-0.15, -0.1) is 0 Å². The zero-order valence-electron chi connectivity index (χ0n) is 11.3. The molecule has 0 saturated heterocycles. The standard InChI is InChI=1S/C16H14O5/c1-8-15(20)14-12(19)6-11(18)7-13(14)21-16(8)9-2-4-10(17)5-3-9/h2-8,16-19H,1H3/t8-,16-/m0/s1. The molecular weight excluding hydrogens is 272 g/mol. The van der Waals surface area contributed by atoms with Gasteiger partial charge in [-0.3, -0.25) is 4.79 Å². The van der Waals surface area contributed by atoms with Gasteiger partial charge in [-0.05, 0) is 17.7 Å². The highest BCUT2D eigenvalue weighted by Gasteiger charge is 2.37. The van der Waals surface area contributed by atoms with E-state index in [1.54, 1.807) is 19.1 Å². The zero-order chi connectivity index (χ0) is 15.1. The van der Waals surface area contributed by atoms with Crippen LogP contribution in [0.4, 0.5) is 0 Å². The van der Waals surface area contributed by atoms with Crippen molar-refractivity contribution >= 4 is 5.78 Å². The first kappa shape index (κ1) is 13.3. The Hall–Kier alpha value is -2.69. The van der Waals surface area contributed by atoms with Crippen LogP contribution in [-0.4, -0.2) is 21.1 Å². The van der Waals surface area contributed by atoms with Crippen LogP contribution in [0.2, 0.25) is 0 Å². The molecular formula is C16H14O5. The number of ether oxygens (including phenoxy) is 1. The van der Waals surface area contributed by atoms with Crippen molar-refractivity contribution in [3.63, 3.8) is 0 Å². The highest BCUT2D eigenvalue weighted by Crippen LogP contribution is 2.44. The lowest BCUT2D eigenvalue weighted by atomic mass is 9.86. The average molecular weight is 286 g/mol. The van der Waals surface area contributed by atoms with Crippen LogP contribution >= 0.6 is 0 Å². The van der Waals surface area contributed by atoms with Crippen LogP contribution in [0.3, 0.4) is 0 Å². The molecule has 5 nitrogen and oxygen atoms in total. The smallest absolute Gasteiger partial charge is 0.177 e. The number of benzene rings is 2. The minimum Gasteiger partial charge on any atom is -0.508 e. The highest BCUT2D eigenvalue weighted by atomic mass is 16.5. The Bertz CT molecular complexity index is 705. The second kappa shape index (κ2) is 4.70. The first-order chi connectivity index (χ1) is 9.97. The number of aromatic hydroxyl groups is 3. The van der Waals surface area contributed by atoms with E-state index in [1.165, 1.54) is 18.2 Å². The Labute approximate surface area is 121 Å². The van der Waals surface area contributed by atoms with Gasteiger partial charge in [0.25, 0.3) is 0 Å². The van der Waals surface area contributed by atoms with Crippen LogP contribution < -0.4 is 4.74 Å². The number of fused-ring (bicyclic) bond motifs is 1. The molecule has 3 N–H and O–H groups in total. The number of carbonyl (C=O) groups excluding carboxylic acids is 1. The number of Topliss-reactive ketones (excluding diaryl/α,β-unsaturated/α-hetero) is 1. The Balaban J connectivity index is 2.07. The fourth-order valence-corrected chi connectivity index (χ4v) is 2.55.